The monoisotopic (exact) mass is 609 g/mol. The van der Waals surface area contributed by atoms with Crippen molar-refractivity contribution in [3.8, 4) is 5.75 Å². The molecule has 0 radical (unpaired) electrons. The summed E-state index contributed by atoms with van der Waals surface area (Å²) in [6.07, 6.45) is 3.62. The molecule has 4 rings (SSSR count). The summed E-state index contributed by atoms with van der Waals surface area (Å²) < 4.78 is 17.2. The number of pyridine rings is 2. The number of piperazine rings is 1. The summed E-state index contributed by atoms with van der Waals surface area (Å²) in [5.74, 6) is -0.325. The summed E-state index contributed by atoms with van der Waals surface area (Å²) >= 11 is 0. The topological polar surface area (TPSA) is 123 Å². The predicted octanol–water partition coefficient (Wildman–Crippen LogP) is 4.69. The molecule has 240 valence electrons. The number of carbonyl (C=O) groups excluding carboxylic acids is 3. The molecule has 1 aliphatic heterocycles. The minimum atomic E-state index is -0.624. The summed E-state index contributed by atoms with van der Waals surface area (Å²) in [5.41, 5.74) is 2.20. The molecular weight excluding hydrogens is 562 g/mol. The number of aryl methyl sites for hydroxylation is 1. The molecule has 2 aromatic heterocycles. The maximum absolute atomic E-state index is 13.1. The fourth-order valence-electron chi connectivity index (χ4n) is 5.43. The SMILES string of the molecule is CCNC(=O)c1nc(C(=O)OC)c(C)cc1O[C@H](CN1CCN(C(=O)OC(C)(C)C)[C@H](C)C1)C(C)c1ccc(C2CC2)cn1. The number of amides is 2. The highest BCUT2D eigenvalue weighted by molar-refractivity contribution is 5.97. The first kappa shape index (κ1) is 33.2. The molecule has 2 aromatic rings. The zero-order valence-electron chi connectivity index (χ0n) is 27.3. The number of carbonyl (C=O) groups is 3. The summed E-state index contributed by atoms with van der Waals surface area (Å²) in [7, 11) is 1.28. The van der Waals surface area contributed by atoms with Crippen molar-refractivity contribution in [1.29, 1.82) is 0 Å². The number of nitrogens with one attached hydrogen (secondary N) is 1. The molecule has 0 bridgehead atoms. The van der Waals surface area contributed by atoms with Crippen LogP contribution < -0.4 is 10.1 Å². The Bertz CT molecular complexity index is 1340. The first-order valence-corrected chi connectivity index (χ1v) is 15.5. The van der Waals surface area contributed by atoms with Crippen LogP contribution >= 0.6 is 0 Å². The average molecular weight is 610 g/mol. The van der Waals surface area contributed by atoms with Gasteiger partial charge in [-0.3, -0.25) is 14.7 Å². The Hall–Kier alpha value is -3.73. The first-order valence-electron chi connectivity index (χ1n) is 15.5. The van der Waals surface area contributed by atoms with Crippen LogP contribution in [0.25, 0.3) is 0 Å². The van der Waals surface area contributed by atoms with E-state index in [1.165, 1.54) is 25.5 Å². The molecule has 1 saturated heterocycles. The van der Waals surface area contributed by atoms with Crippen molar-refractivity contribution in [3.63, 3.8) is 0 Å². The number of hydrogen-bond donors (Lipinski definition) is 1. The van der Waals surface area contributed by atoms with Gasteiger partial charge in [0.2, 0.25) is 0 Å². The van der Waals surface area contributed by atoms with E-state index in [2.05, 4.69) is 34.3 Å². The van der Waals surface area contributed by atoms with Crippen molar-refractivity contribution in [2.75, 3.05) is 39.8 Å². The van der Waals surface area contributed by atoms with E-state index in [4.69, 9.17) is 19.2 Å². The van der Waals surface area contributed by atoms with Crippen molar-refractivity contribution in [2.24, 2.45) is 0 Å². The van der Waals surface area contributed by atoms with Crippen molar-refractivity contribution >= 4 is 18.0 Å². The number of ether oxygens (including phenoxy) is 3. The molecule has 1 aliphatic carbocycles. The Kier molecular flexibility index (Phi) is 10.5. The summed E-state index contributed by atoms with van der Waals surface area (Å²) in [6, 6.07) is 5.81. The van der Waals surface area contributed by atoms with Crippen molar-refractivity contribution in [2.45, 2.75) is 90.9 Å². The Morgan fingerprint density at radius 1 is 1.14 bits per heavy atom. The number of aromatic nitrogens is 2. The van der Waals surface area contributed by atoms with E-state index in [-0.39, 0.29) is 35.2 Å². The first-order chi connectivity index (χ1) is 20.8. The van der Waals surface area contributed by atoms with Crippen LogP contribution in [0, 0.1) is 6.92 Å². The fraction of sp³-hybridized carbons (Fsp3) is 0.606. The van der Waals surface area contributed by atoms with E-state index in [1.807, 2.05) is 40.8 Å². The Morgan fingerprint density at radius 3 is 2.43 bits per heavy atom. The van der Waals surface area contributed by atoms with Gasteiger partial charge in [-0.05, 0) is 83.6 Å². The van der Waals surface area contributed by atoms with Gasteiger partial charge in [-0.25, -0.2) is 14.6 Å². The highest BCUT2D eigenvalue weighted by Gasteiger charge is 2.34. The van der Waals surface area contributed by atoms with E-state index in [9.17, 15) is 14.4 Å². The van der Waals surface area contributed by atoms with Gasteiger partial charge in [0.05, 0.1) is 7.11 Å². The summed E-state index contributed by atoms with van der Waals surface area (Å²) in [6.45, 7) is 15.9. The molecule has 3 heterocycles. The van der Waals surface area contributed by atoms with Crippen LogP contribution in [0.3, 0.4) is 0 Å². The van der Waals surface area contributed by atoms with Gasteiger partial charge < -0.3 is 24.4 Å². The Morgan fingerprint density at radius 2 is 1.86 bits per heavy atom. The summed E-state index contributed by atoms with van der Waals surface area (Å²) in [4.78, 5) is 51.6. The van der Waals surface area contributed by atoms with E-state index in [0.717, 1.165) is 5.69 Å². The molecule has 11 nitrogen and oxygen atoms in total. The molecule has 2 amide bonds. The zero-order valence-corrected chi connectivity index (χ0v) is 27.3. The number of rotatable bonds is 10. The van der Waals surface area contributed by atoms with Gasteiger partial charge in [0.15, 0.2) is 17.1 Å². The van der Waals surface area contributed by atoms with Gasteiger partial charge in [0.1, 0.15) is 11.7 Å². The second kappa shape index (κ2) is 13.9. The molecule has 0 spiro atoms. The summed E-state index contributed by atoms with van der Waals surface area (Å²) in [5, 5.41) is 2.78. The quantitative estimate of drug-likeness (QED) is 0.382. The smallest absolute Gasteiger partial charge is 0.410 e. The molecule has 1 N–H and O–H groups in total. The standard InChI is InChI=1S/C33H47N5O6/c1-9-34-30(39)29-26(16-20(2)28(36-29)31(40)42-8)43-27(22(4)25-13-12-24(17-35-25)23-10-11-23)19-37-14-15-38(21(3)18-37)32(41)44-33(5,6)7/h12-13,16-17,21-23,27H,9-11,14-15,18-19H2,1-8H3,(H,34,39)/t21-,22?,27-/m1/s1. The van der Waals surface area contributed by atoms with Crippen LogP contribution in [0.2, 0.25) is 0 Å². The number of hydrogen-bond acceptors (Lipinski definition) is 9. The third-order valence-electron chi connectivity index (χ3n) is 8.05. The van der Waals surface area contributed by atoms with Crippen LogP contribution in [-0.2, 0) is 9.47 Å². The van der Waals surface area contributed by atoms with Gasteiger partial charge in [0.25, 0.3) is 5.91 Å². The van der Waals surface area contributed by atoms with Crippen LogP contribution in [-0.4, -0.2) is 95.3 Å². The van der Waals surface area contributed by atoms with Crippen molar-refractivity contribution in [3.05, 3.63) is 52.6 Å². The van der Waals surface area contributed by atoms with E-state index >= 15 is 0 Å². The fourth-order valence-corrected chi connectivity index (χ4v) is 5.43. The van der Waals surface area contributed by atoms with Crippen LogP contribution in [0.4, 0.5) is 4.79 Å². The maximum atomic E-state index is 13.1. The van der Waals surface area contributed by atoms with E-state index < -0.39 is 23.6 Å². The third-order valence-corrected chi connectivity index (χ3v) is 8.05. The minimum absolute atomic E-state index is 0.0233. The Balaban J connectivity index is 1.62. The normalized spacial score (nSPS) is 18.7. The number of methoxy groups -OCH3 is 1. The second-order valence-electron chi connectivity index (χ2n) is 12.9. The highest BCUT2D eigenvalue weighted by atomic mass is 16.6. The molecule has 2 aliphatic rings. The van der Waals surface area contributed by atoms with Gasteiger partial charge in [-0.15, -0.1) is 0 Å². The van der Waals surface area contributed by atoms with Gasteiger partial charge in [-0.1, -0.05) is 13.0 Å². The molecule has 11 heteroatoms. The lowest BCUT2D eigenvalue weighted by atomic mass is 9.97. The molecule has 2 fully saturated rings. The van der Waals surface area contributed by atoms with Gasteiger partial charge >= 0.3 is 12.1 Å². The lowest BCUT2D eigenvalue weighted by Crippen LogP contribution is -2.56. The van der Waals surface area contributed by atoms with Crippen molar-refractivity contribution in [1.82, 2.24) is 25.1 Å². The van der Waals surface area contributed by atoms with Crippen LogP contribution in [0.15, 0.2) is 24.4 Å². The largest absolute Gasteiger partial charge is 0.486 e. The zero-order chi connectivity index (χ0) is 32.2. The second-order valence-corrected chi connectivity index (χ2v) is 12.9. The highest BCUT2D eigenvalue weighted by Crippen LogP contribution is 2.40. The molecule has 44 heavy (non-hydrogen) atoms. The number of esters is 1. The van der Waals surface area contributed by atoms with E-state index in [1.54, 1.807) is 17.9 Å². The average Bonchev–Trinajstić information content (AvgIpc) is 3.81. The Labute approximate surface area is 260 Å². The lowest BCUT2D eigenvalue weighted by molar-refractivity contribution is -0.00393. The predicted molar refractivity (Wildman–Crippen MR) is 166 cm³/mol. The molecule has 0 aromatic carbocycles. The van der Waals surface area contributed by atoms with Crippen LogP contribution in [0.5, 0.6) is 5.75 Å². The van der Waals surface area contributed by atoms with Crippen LogP contribution in [0.1, 0.15) is 104 Å². The number of nitrogens with zero attached hydrogens (tertiary/aromatic N) is 4. The molecule has 3 atom stereocenters. The van der Waals surface area contributed by atoms with Gasteiger partial charge in [-0.2, -0.15) is 0 Å². The van der Waals surface area contributed by atoms with Crippen molar-refractivity contribution < 1.29 is 28.6 Å². The minimum Gasteiger partial charge on any atom is -0.486 e. The molecular formula is C33H47N5O6. The maximum Gasteiger partial charge on any atom is 0.410 e. The van der Waals surface area contributed by atoms with E-state index in [0.29, 0.717) is 44.2 Å². The lowest BCUT2D eigenvalue weighted by Gasteiger charge is -2.41. The molecule has 1 unspecified atom stereocenters. The third kappa shape index (κ3) is 8.25. The van der Waals surface area contributed by atoms with Gasteiger partial charge in [0, 0.05) is 56.6 Å². The molecule has 1 saturated carbocycles.